The molecule has 1 amide bonds. The van der Waals surface area contributed by atoms with E-state index in [1.54, 1.807) is 16.8 Å². The molecule has 2 fully saturated rings. The summed E-state index contributed by atoms with van der Waals surface area (Å²) in [6, 6.07) is 7.61. The van der Waals surface area contributed by atoms with Crippen LogP contribution in [0, 0.1) is 5.92 Å². The summed E-state index contributed by atoms with van der Waals surface area (Å²) in [5.41, 5.74) is 2.24. The van der Waals surface area contributed by atoms with Crippen molar-refractivity contribution in [2.45, 2.75) is 44.8 Å². The molecule has 0 atom stereocenters. The van der Waals surface area contributed by atoms with Crippen LogP contribution in [0.2, 0.25) is 5.02 Å². The molecule has 36 heavy (non-hydrogen) atoms. The van der Waals surface area contributed by atoms with Crippen LogP contribution in [0.15, 0.2) is 35.3 Å². The molecule has 0 bridgehead atoms. The van der Waals surface area contributed by atoms with Crippen molar-refractivity contribution in [3.8, 4) is 5.75 Å². The zero-order valence-electron chi connectivity index (χ0n) is 20.2. The van der Waals surface area contributed by atoms with Crippen LogP contribution < -0.4 is 20.5 Å². The van der Waals surface area contributed by atoms with Crippen molar-refractivity contribution < 1.29 is 13.9 Å². The fourth-order valence-corrected chi connectivity index (χ4v) is 4.65. The summed E-state index contributed by atoms with van der Waals surface area (Å²) in [5.74, 6) is 0.898. The van der Waals surface area contributed by atoms with Gasteiger partial charge in [-0.3, -0.25) is 9.59 Å². The number of nitrogens with one attached hydrogen (secondary N) is 1. The first-order valence-electron chi connectivity index (χ1n) is 12.3. The number of hydrogen-bond acceptors (Lipinski definition) is 6. The summed E-state index contributed by atoms with van der Waals surface area (Å²) in [6.45, 7) is 1.56. The highest BCUT2D eigenvalue weighted by Gasteiger charge is 2.24. The predicted molar refractivity (Wildman–Crippen MR) is 137 cm³/mol. The first-order valence-corrected chi connectivity index (χ1v) is 12.7. The SMILES string of the molecule is CNC(=O)COc1cc2cc(Cc3nc(N4CCC(F)CC4)ncc3Cl)ccc2n(CC2CC2)c1=O. The molecule has 0 unspecified atom stereocenters. The summed E-state index contributed by atoms with van der Waals surface area (Å²) in [5, 5.41) is 3.81. The van der Waals surface area contributed by atoms with Crippen LogP contribution in [0.4, 0.5) is 10.3 Å². The van der Waals surface area contributed by atoms with E-state index >= 15 is 0 Å². The second kappa shape index (κ2) is 10.4. The van der Waals surface area contributed by atoms with Crippen molar-refractivity contribution in [3.05, 3.63) is 57.1 Å². The number of rotatable bonds is 8. The molecule has 1 saturated heterocycles. The standard InChI is InChI=1S/C26H29ClFN5O3/c1-29-24(34)15-36-23-12-18-10-17(4-5-22(18)33(25(23)35)14-16-2-3-16)11-21-20(27)13-30-26(31-21)32-8-6-19(28)7-9-32/h4-5,10,12-13,16,19H,2-3,6-9,11,14-15H2,1H3,(H,29,34). The Bertz CT molecular complexity index is 1340. The molecular weight excluding hydrogens is 485 g/mol. The molecule has 190 valence electrons. The van der Waals surface area contributed by atoms with Crippen LogP contribution in [0.1, 0.15) is 36.9 Å². The lowest BCUT2D eigenvalue weighted by Crippen LogP contribution is -2.35. The van der Waals surface area contributed by atoms with Gasteiger partial charge in [-0.05, 0) is 55.4 Å². The molecule has 1 aliphatic carbocycles. The Morgan fingerprint density at radius 2 is 2.00 bits per heavy atom. The fourth-order valence-electron chi connectivity index (χ4n) is 4.49. The van der Waals surface area contributed by atoms with Gasteiger partial charge in [0, 0.05) is 38.5 Å². The lowest BCUT2D eigenvalue weighted by atomic mass is 10.1. The number of benzene rings is 1. The highest BCUT2D eigenvalue weighted by molar-refractivity contribution is 6.31. The molecule has 2 aromatic heterocycles. The molecule has 1 saturated carbocycles. The van der Waals surface area contributed by atoms with Crippen molar-refractivity contribution in [2.75, 3.05) is 31.6 Å². The minimum Gasteiger partial charge on any atom is -0.478 e. The lowest BCUT2D eigenvalue weighted by molar-refractivity contribution is -0.122. The maximum atomic E-state index is 13.6. The number of pyridine rings is 1. The maximum absolute atomic E-state index is 13.6. The largest absolute Gasteiger partial charge is 0.478 e. The van der Waals surface area contributed by atoms with Crippen LogP contribution >= 0.6 is 11.6 Å². The quantitative estimate of drug-likeness (QED) is 0.496. The Morgan fingerprint density at radius 3 is 2.72 bits per heavy atom. The number of piperidine rings is 1. The molecule has 8 nitrogen and oxygen atoms in total. The van der Waals surface area contributed by atoms with Crippen molar-refractivity contribution in [1.82, 2.24) is 19.9 Å². The fraction of sp³-hybridized carbons (Fsp3) is 0.462. The Kier molecular flexibility index (Phi) is 7.09. The number of aromatic nitrogens is 3. The zero-order valence-corrected chi connectivity index (χ0v) is 20.9. The van der Waals surface area contributed by atoms with Gasteiger partial charge >= 0.3 is 0 Å². The van der Waals surface area contributed by atoms with E-state index in [2.05, 4.69) is 15.3 Å². The van der Waals surface area contributed by atoms with Crippen molar-refractivity contribution in [2.24, 2.45) is 5.92 Å². The third-order valence-electron chi connectivity index (χ3n) is 6.78. The van der Waals surface area contributed by atoms with E-state index in [0.717, 1.165) is 29.3 Å². The average Bonchev–Trinajstić information content (AvgIpc) is 3.70. The van der Waals surface area contributed by atoms with Gasteiger partial charge in [-0.2, -0.15) is 0 Å². The van der Waals surface area contributed by atoms with E-state index in [4.69, 9.17) is 16.3 Å². The number of alkyl halides is 1. The van der Waals surface area contributed by atoms with E-state index in [9.17, 15) is 14.0 Å². The Labute approximate surface area is 213 Å². The van der Waals surface area contributed by atoms with E-state index < -0.39 is 6.17 Å². The van der Waals surface area contributed by atoms with E-state index in [0.29, 0.717) is 61.5 Å². The topological polar surface area (TPSA) is 89.3 Å². The number of carbonyl (C=O) groups excluding carboxylic acids is 1. The van der Waals surface area contributed by atoms with Gasteiger partial charge in [-0.1, -0.05) is 17.7 Å². The molecule has 1 aromatic carbocycles. The predicted octanol–water partition coefficient (Wildman–Crippen LogP) is 3.51. The second-order valence-electron chi connectivity index (χ2n) is 9.53. The highest BCUT2D eigenvalue weighted by Crippen LogP contribution is 2.32. The second-order valence-corrected chi connectivity index (χ2v) is 9.93. The number of nitrogens with zero attached hydrogens (tertiary/aromatic N) is 4. The van der Waals surface area contributed by atoms with E-state index in [-0.39, 0.29) is 23.8 Å². The van der Waals surface area contributed by atoms with Gasteiger partial charge in [0.15, 0.2) is 12.4 Å². The number of anilines is 1. The van der Waals surface area contributed by atoms with Crippen LogP contribution in [-0.2, 0) is 17.8 Å². The summed E-state index contributed by atoms with van der Waals surface area (Å²) < 4.78 is 20.9. The van der Waals surface area contributed by atoms with E-state index in [1.165, 1.54) is 7.05 Å². The normalized spacial score (nSPS) is 16.4. The van der Waals surface area contributed by atoms with Gasteiger partial charge in [-0.25, -0.2) is 14.4 Å². The van der Waals surface area contributed by atoms with Crippen molar-refractivity contribution in [1.29, 1.82) is 0 Å². The molecule has 3 heterocycles. The number of carbonyl (C=O) groups is 1. The molecule has 10 heteroatoms. The van der Waals surface area contributed by atoms with Gasteiger partial charge in [-0.15, -0.1) is 0 Å². The van der Waals surface area contributed by atoms with Crippen LogP contribution in [0.25, 0.3) is 10.9 Å². The molecular formula is C26H29ClFN5O3. The molecule has 1 aliphatic heterocycles. The molecule has 0 radical (unpaired) electrons. The number of halogens is 2. The minimum atomic E-state index is -0.770. The Morgan fingerprint density at radius 1 is 1.22 bits per heavy atom. The first kappa shape index (κ1) is 24.5. The average molecular weight is 514 g/mol. The molecule has 2 aliphatic rings. The van der Waals surface area contributed by atoms with Crippen LogP contribution in [-0.4, -0.2) is 53.4 Å². The number of hydrogen-bond donors (Lipinski definition) is 1. The molecule has 3 aromatic rings. The van der Waals surface area contributed by atoms with Gasteiger partial charge in [0.1, 0.15) is 6.17 Å². The zero-order chi connectivity index (χ0) is 25.2. The Balaban J connectivity index is 1.45. The summed E-state index contributed by atoms with van der Waals surface area (Å²) in [7, 11) is 1.52. The first-order chi connectivity index (χ1) is 17.4. The summed E-state index contributed by atoms with van der Waals surface area (Å²) >= 11 is 6.44. The van der Waals surface area contributed by atoms with Crippen molar-refractivity contribution >= 4 is 34.4 Å². The van der Waals surface area contributed by atoms with Gasteiger partial charge < -0.3 is 19.5 Å². The van der Waals surface area contributed by atoms with Crippen LogP contribution in [0.3, 0.4) is 0 Å². The highest BCUT2D eigenvalue weighted by atomic mass is 35.5. The maximum Gasteiger partial charge on any atom is 0.293 e. The number of amides is 1. The third-order valence-corrected chi connectivity index (χ3v) is 7.10. The number of likely N-dealkylation sites (N-methyl/N-ethyl adjacent to an activating group) is 1. The van der Waals surface area contributed by atoms with E-state index in [1.807, 2.05) is 23.1 Å². The Hall–Kier alpha value is -3.20. The summed E-state index contributed by atoms with van der Waals surface area (Å²) in [6.07, 6.45) is 4.45. The lowest BCUT2D eigenvalue weighted by Gasteiger charge is -2.28. The molecule has 5 rings (SSSR count). The third kappa shape index (κ3) is 5.46. The monoisotopic (exact) mass is 513 g/mol. The molecule has 0 spiro atoms. The van der Waals surface area contributed by atoms with Crippen molar-refractivity contribution in [3.63, 3.8) is 0 Å². The molecule has 1 N–H and O–H groups in total. The summed E-state index contributed by atoms with van der Waals surface area (Å²) in [4.78, 5) is 35.8. The minimum absolute atomic E-state index is 0.155. The number of ether oxygens (including phenoxy) is 1. The van der Waals surface area contributed by atoms with Gasteiger partial charge in [0.2, 0.25) is 5.95 Å². The number of fused-ring (bicyclic) bond motifs is 1. The van der Waals surface area contributed by atoms with Gasteiger partial charge in [0.25, 0.3) is 11.5 Å². The van der Waals surface area contributed by atoms with Crippen LogP contribution in [0.5, 0.6) is 5.75 Å². The smallest absolute Gasteiger partial charge is 0.293 e. The van der Waals surface area contributed by atoms with Gasteiger partial charge in [0.05, 0.1) is 22.4 Å².